The highest BCUT2D eigenvalue weighted by atomic mass is 32.2. The number of para-hydroxylation sites is 1. The van der Waals surface area contributed by atoms with Crippen molar-refractivity contribution >= 4 is 21.6 Å². The van der Waals surface area contributed by atoms with E-state index in [9.17, 15) is 18.3 Å². The first kappa shape index (κ1) is 18.8. The predicted molar refractivity (Wildman–Crippen MR) is 109 cm³/mol. The third-order valence-electron chi connectivity index (χ3n) is 6.96. The Morgan fingerprint density at radius 3 is 2.38 bits per heavy atom. The van der Waals surface area contributed by atoms with E-state index < -0.39 is 16.1 Å². The topological polar surface area (TPSA) is 77.9 Å². The first-order valence-electron chi connectivity index (χ1n) is 10.0. The number of fused-ring (bicyclic) bond motifs is 1. The first-order valence-corrected chi connectivity index (χ1v) is 11.4. The normalized spacial score (nSPS) is 30.6. The van der Waals surface area contributed by atoms with Gasteiger partial charge in [0.25, 0.3) is 5.91 Å². The number of anilines is 1. The Hall–Kier alpha value is -2.22. The molecule has 0 aromatic heterocycles. The SMILES string of the molecule is CN(C(=O)c1ccc(S(=O)(=O)N2C[C@@H]3C[C@H]4C[C@H]3[C@H]2[C@@H]4O)cc1)c1ccccc1. The van der Waals surface area contributed by atoms with Gasteiger partial charge in [0.1, 0.15) is 0 Å². The minimum absolute atomic E-state index is 0.174. The van der Waals surface area contributed by atoms with Gasteiger partial charge in [-0.25, -0.2) is 8.42 Å². The number of carbonyl (C=O) groups excluding carboxylic acids is 1. The molecule has 1 aliphatic heterocycles. The summed E-state index contributed by atoms with van der Waals surface area (Å²) in [5, 5.41) is 10.5. The maximum Gasteiger partial charge on any atom is 0.258 e. The monoisotopic (exact) mass is 412 g/mol. The van der Waals surface area contributed by atoms with Gasteiger partial charge < -0.3 is 10.0 Å². The van der Waals surface area contributed by atoms with Gasteiger partial charge in [-0.3, -0.25) is 4.79 Å². The van der Waals surface area contributed by atoms with Crippen LogP contribution in [0.1, 0.15) is 23.2 Å². The van der Waals surface area contributed by atoms with Gasteiger partial charge in [0.2, 0.25) is 10.0 Å². The van der Waals surface area contributed by atoms with E-state index in [4.69, 9.17) is 0 Å². The van der Waals surface area contributed by atoms with Gasteiger partial charge in [-0.15, -0.1) is 0 Å². The number of sulfonamides is 1. The van der Waals surface area contributed by atoms with Gasteiger partial charge in [0, 0.05) is 24.8 Å². The highest BCUT2D eigenvalue weighted by Gasteiger charge is 2.61. The van der Waals surface area contributed by atoms with Crippen LogP contribution in [0.25, 0.3) is 0 Å². The summed E-state index contributed by atoms with van der Waals surface area (Å²) in [6.45, 7) is 0.489. The Balaban J connectivity index is 1.38. The van der Waals surface area contributed by atoms with E-state index in [0.29, 0.717) is 18.0 Å². The number of aliphatic hydroxyl groups is 1. The van der Waals surface area contributed by atoms with Crippen LogP contribution in [0.2, 0.25) is 0 Å². The summed E-state index contributed by atoms with van der Waals surface area (Å²) in [6, 6.07) is 15.1. The van der Waals surface area contributed by atoms with Crippen molar-refractivity contribution in [3.63, 3.8) is 0 Å². The van der Waals surface area contributed by atoms with Crippen molar-refractivity contribution in [2.45, 2.75) is 29.9 Å². The van der Waals surface area contributed by atoms with E-state index in [0.717, 1.165) is 18.5 Å². The molecule has 6 nitrogen and oxygen atoms in total. The third-order valence-corrected chi connectivity index (χ3v) is 8.84. The summed E-state index contributed by atoms with van der Waals surface area (Å²) in [5.41, 5.74) is 1.20. The Kier molecular flexibility index (Phi) is 4.31. The minimum atomic E-state index is -3.70. The Bertz CT molecular complexity index is 1040. The molecule has 2 saturated carbocycles. The van der Waals surface area contributed by atoms with Crippen LogP contribution >= 0.6 is 0 Å². The lowest BCUT2D eigenvalue weighted by Gasteiger charge is -2.28. The molecule has 0 unspecified atom stereocenters. The molecule has 2 aromatic rings. The van der Waals surface area contributed by atoms with E-state index in [-0.39, 0.29) is 28.7 Å². The molecule has 5 atom stereocenters. The molecule has 1 amide bonds. The van der Waals surface area contributed by atoms with Gasteiger partial charge in [0.05, 0.1) is 17.0 Å². The van der Waals surface area contributed by atoms with Crippen molar-refractivity contribution < 1.29 is 18.3 Å². The molecule has 3 aliphatic rings. The molecule has 1 heterocycles. The summed E-state index contributed by atoms with van der Waals surface area (Å²) in [5.74, 6) is 0.686. The molecule has 7 heteroatoms. The van der Waals surface area contributed by atoms with Crippen LogP contribution in [0.15, 0.2) is 59.5 Å². The van der Waals surface area contributed by atoms with Gasteiger partial charge in [-0.2, -0.15) is 4.31 Å². The van der Waals surface area contributed by atoms with E-state index in [1.54, 1.807) is 19.2 Å². The Labute approximate surface area is 170 Å². The summed E-state index contributed by atoms with van der Waals surface area (Å²) in [4.78, 5) is 14.4. The average Bonchev–Trinajstić information content (AvgIpc) is 3.37. The molecule has 5 rings (SSSR count). The second kappa shape index (κ2) is 6.65. The molecule has 1 saturated heterocycles. The molecule has 29 heavy (non-hydrogen) atoms. The van der Waals surface area contributed by atoms with Crippen molar-refractivity contribution in [3.05, 3.63) is 60.2 Å². The maximum absolute atomic E-state index is 13.2. The van der Waals surface area contributed by atoms with Gasteiger partial charge >= 0.3 is 0 Å². The van der Waals surface area contributed by atoms with Crippen LogP contribution in [-0.2, 0) is 10.0 Å². The summed E-state index contributed by atoms with van der Waals surface area (Å²) < 4.78 is 28.0. The van der Waals surface area contributed by atoms with Crippen molar-refractivity contribution in [3.8, 4) is 0 Å². The largest absolute Gasteiger partial charge is 0.391 e. The fourth-order valence-corrected chi connectivity index (χ4v) is 7.24. The fraction of sp³-hybridized carbons (Fsp3) is 0.409. The lowest BCUT2D eigenvalue weighted by atomic mass is 9.88. The smallest absolute Gasteiger partial charge is 0.258 e. The fourth-order valence-electron chi connectivity index (χ4n) is 5.50. The standard InChI is InChI=1S/C22H24N2O4S/c1-23(17-5-3-2-4-6-17)22(26)14-7-9-18(10-8-14)29(27,28)24-13-16-11-15-12-19(16)20(24)21(15)25/h2-10,15-16,19-21,25H,11-13H2,1H3/t15-,16-,19+,20-,21+/m0/s1. The highest BCUT2D eigenvalue weighted by molar-refractivity contribution is 7.89. The molecular weight excluding hydrogens is 388 g/mol. The molecule has 1 N–H and O–H groups in total. The van der Waals surface area contributed by atoms with Gasteiger partial charge in [-0.05, 0) is 67.0 Å². The number of rotatable bonds is 4. The predicted octanol–water partition coefficient (Wildman–Crippen LogP) is 2.35. The summed E-state index contributed by atoms with van der Waals surface area (Å²) in [7, 11) is -2.00. The van der Waals surface area contributed by atoms with E-state index >= 15 is 0 Å². The van der Waals surface area contributed by atoms with Crippen LogP contribution in [0.5, 0.6) is 0 Å². The number of hydrogen-bond donors (Lipinski definition) is 1. The number of benzene rings is 2. The quantitative estimate of drug-likeness (QED) is 0.836. The molecule has 2 aromatic carbocycles. The molecule has 0 radical (unpaired) electrons. The third kappa shape index (κ3) is 2.83. The number of nitrogens with zero attached hydrogens (tertiary/aromatic N) is 2. The first-order chi connectivity index (χ1) is 13.9. The Morgan fingerprint density at radius 2 is 1.72 bits per heavy atom. The maximum atomic E-state index is 13.2. The number of amides is 1. The van der Waals surface area contributed by atoms with Crippen molar-refractivity contribution in [1.82, 2.24) is 4.31 Å². The molecule has 3 fully saturated rings. The van der Waals surface area contributed by atoms with E-state index in [1.165, 1.54) is 21.3 Å². The summed E-state index contributed by atoms with van der Waals surface area (Å²) >= 11 is 0. The van der Waals surface area contributed by atoms with Gasteiger partial charge in [0.15, 0.2) is 0 Å². The molecule has 152 valence electrons. The zero-order chi connectivity index (χ0) is 20.3. The molecule has 0 spiro atoms. The lowest BCUT2D eigenvalue weighted by molar-refractivity contribution is 0.0731. The van der Waals surface area contributed by atoms with Gasteiger partial charge in [-0.1, -0.05) is 18.2 Å². The van der Waals surface area contributed by atoms with Crippen molar-refractivity contribution in [1.29, 1.82) is 0 Å². The molecule has 2 bridgehead atoms. The minimum Gasteiger partial charge on any atom is -0.391 e. The highest BCUT2D eigenvalue weighted by Crippen LogP contribution is 2.56. The lowest BCUT2D eigenvalue weighted by Crippen LogP contribution is -2.43. The van der Waals surface area contributed by atoms with Crippen LogP contribution in [0, 0.1) is 17.8 Å². The van der Waals surface area contributed by atoms with Crippen LogP contribution < -0.4 is 4.90 Å². The van der Waals surface area contributed by atoms with Crippen molar-refractivity contribution in [2.24, 2.45) is 17.8 Å². The molecule has 2 aliphatic carbocycles. The van der Waals surface area contributed by atoms with Crippen molar-refractivity contribution in [2.75, 3.05) is 18.5 Å². The molecular formula is C22H24N2O4S. The van der Waals surface area contributed by atoms with Crippen LogP contribution in [0.4, 0.5) is 5.69 Å². The second-order valence-corrected chi connectivity index (χ2v) is 10.3. The van der Waals surface area contributed by atoms with Crippen LogP contribution in [-0.4, -0.2) is 49.5 Å². The zero-order valence-corrected chi connectivity index (χ0v) is 17.0. The summed E-state index contributed by atoms with van der Waals surface area (Å²) in [6.07, 6.45) is 1.30. The average molecular weight is 413 g/mol. The number of carbonyl (C=O) groups is 1. The zero-order valence-electron chi connectivity index (χ0n) is 16.2. The number of hydrogen-bond acceptors (Lipinski definition) is 4. The Morgan fingerprint density at radius 1 is 1.03 bits per heavy atom. The van der Waals surface area contributed by atoms with E-state index in [2.05, 4.69) is 0 Å². The van der Waals surface area contributed by atoms with E-state index in [1.807, 2.05) is 30.3 Å². The second-order valence-electron chi connectivity index (χ2n) is 8.44. The number of aliphatic hydroxyl groups excluding tert-OH is 1. The van der Waals surface area contributed by atoms with Crippen LogP contribution in [0.3, 0.4) is 0 Å².